The molecule has 5 aromatic rings. The predicted octanol–water partition coefficient (Wildman–Crippen LogP) is 6.85. The highest BCUT2D eigenvalue weighted by atomic mass is 32.1. The molecule has 0 radical (unpaired) electrons. The average Bonchev–Trinajstić information content (AvgIpc) is 3.65. The lowest BCUT2D eigenvalue weighted by Crippen LogP contribution is -2.54. The van der Waals surface area contributed by atoms with Crippen molar-refractivity contribution in [1.29, 1.82) is 0 Å². The van der Waals surface area contributed by atoms with E-state index in [0.717, 1.165) is 27.3 Å². The van der Waals surface area contributed by atoms with Crippen molar-refractivity contribution in [3.63, 3.8) is 0 Å². The SMILES string of the molecule is CC(C)COc1ccc(-c2cnc(-c3ccc(C[C@H](NC(=O)c4ccc(C(C)(C)C)s4)C(=O)NC(C(=O)O)C(O)c4ccccc4)cc3)nc2)cc1. The number of aliphatic hydroxyl groups excluding tert-OH is 1. The number of ether oxygens (including phenoxy) is 1. The van der Waals surface area contributed by atoms with Gasteiger partial charge in [0.05, 0.1) is 11.5 Å². The van der Waals surface area contributed by atoms with Crippen molar-refractivity contribution < 1.29 is 29.3 Å². The van der Waals surface area contributed by atoms with Gasteiger partial charge >= 0.3 is 5.97 Å². The molecule has 3 aromatic carbocycles. The quantitative estimate of drug-likeness (QED) is 0.0973. The van der Waals surface area contributed by atoms with Crippen molar-refractivity contribution in [3.05, 3.63) is 124 Å². The van der Waals surface area contributed by atoms with E-state index in [1.807, 2.05) is 75.4 Å². The molecule has 0 spiro atoms. The van der Waals surface area contributed by atoms with Crippen LogP contribution in [-0.4, -0.2) is 56.7 Å². The number of carboxylic acid groups (broad SMARTS) is 1. The minimum Gasteiger partial charge on any atom is -0.493 e. The Kier molecular flexibility index (Phi) is 12.2. The molecule has 5 rings (SSSR count). The Bertz CT molecular complexity index is 1950. The van der Waals surface area contributed by atoms with Gasteiger partial charge in [0.2, 0.25) is 5.91 Å². The van der Waals surface area contributed by atoms with E-state index >= 15 is 0 Å². The normalized spacial score (nSPS) is 13.2. The predicted molar refractivity (Wildman–Crippen MR) is 202 cm³/mol. The molecule has 0 saturated heterocycles. The summed E-state index contributed by atoms with van der Waals surface area (Å²) in [5, 5.41) is 26.1. The zero-order valence-electron chi connectivity index (χ0n) is 29.9. The zero-order valence-corrected chi connectivity index (χ0v) is 30.7. The fourth-order valence-electron chi connectivity index (χ4n) is 5.33. The van der Waals surface area contributed by atoms with Crippen molar-refractivity contribution in [3.8, 4) is 28.3 Å². The van der Waals surface area contributed by atoms with E-state index in [9.17, 15) is 24.6 Å². The first-order chi connectivity index (χ1) is 24.8. The first-order valence-corrected chi connectivity index (χ1v) is 17.9. The zero-order chi connectivity index (χ0) is 37.4. The standard InChI is InChI=1S/C41H44N4O6S/c1-25(2)24-51-31-17-15-27(16-18-31)30-22-42-37(43-23-30)29-13-11-26(12-14-29)21-32(44-39(48)33-19-20-34(52-33)41(3,4)5)38(47)45-35(40(49)50)36(46)28-9-7-6-8-10-28/h6-20,22-23,25,32,35-36,46H,21,24H2,1-5H3,(H,44,48)(H,45,47)(H,49,50)/t32-,35?,36?/m0/s1. The molecule has 2 aromatic heterocycles. The van der Waals surface area contributed by atoms with E-state index in [1.165, 1.54) is 11.3 Å². The second kappa shape index (κ2) is 16.8. The van der Waals surface area contributed by atoms with Crippen molar-refractivity contribution in [2.24, 2.45) is 5.92 Å². The summed E-state index contributed by atoms with van der Waals surface area (Å²) < 4.78 is 5.78. The van der Waals surface area contributed by atoms with Crippen LogP contribution in [0.25, 0.3) is 22.5 Å². The van der Waals surface area contributed by atoms with Crippen LogP contribution < -0.4 is 15.4 Å². The number of thiophene rings is 1. The molecule has 4 N–H and O–H groups in total. The third-order valence-electron chi connectivity index (χ3n) is 8.29. The van der Waals surface area contributed by atoms with Crippen LogP contribution >= 0.6 is 11.3 Å². The minimum absolute atomic E-state index is 0.0554. The van der Waals surface area contributed by atoms with Gasteiger partial charge in [0, 0.05) is 34.8 Å². The Balaban J connectivity index is 1.32. The minimum atomic E-state index is -1.65. The Hall–Kier alpha value is -5.39. The molecule has 0 saturated carbocycles. The van der Waals surface area contributed by atoms with Gasteiger partial charge in [0.25, 0.3) is 5.91 Å². The van der Waals surface area contributed by atoms with Crippen LogP contribution in [-0.2, 0) is 21.4 Å². The molecule has 0 aliphatic heterocycles. The number of carboxylic acids is 1. The monoisotopic (exact) mass is 720 g/mol. The third kappa shape index (κ3) is 9.89. The van der Waals surface area contributed by atoms with E-state index in [2.05, 4.69) is 34.4 Å². The lowest BCUT2D eigenvalue weighted by atomic mass is 9.95. The van der Waals surface area contributed by atoms with Crippen LogP contribution in [0.15, 0.2) is 103 Å². The summed E-state index contributed by atoms with van der Waals surface area (Å²) >= 11 is 1.33. The number of hydrogen-bond acceptors (Lipinski definition) is 8. The van der Waals surface area contributed by atoms with Crippen LogP contribution in [0.2, 0.25) is 0 Å². The largest absolute Gasteiger partial charge is 0.493 e. The highest BCUT2D eigenvalue weighted by Gasteiger charge is 2.33. The Labute approximate surface area is 307 Å². The second-order valence-electron chi connectivity index (χ2n) is 14.0. The number of benzene rings is 3. The number of carbonyl (C=O) groups excluding carboxylic acids is 2. The Morgan fingerprint density at radius 1 is 0.808 bits per heavy atom. The lowest BCUT2D eigenvalue weighted by molar-refractivity contribution is -0.145. The van der Waals surface area contributed by atoms with E-state index in [4.69, 9.17) is 4.74 Å². The number of amides is 2. The fourth-order valence-corrected chi connectivity index (χ4v) is 6.30. The first kappa shape index (κ1) is 37.9. The molecule has 2 heterocycles. The number of aliphatic carboxylic acids is 1. The number of aliphatic hydroxyl groups is 1. The number of nitrogens with one attached hydrogen (secondary N) is 2. The summed E-state index contributed by atoms with van der Waals surface area (Å²) in [4.78, 5) is 49.9. The Morgan fingerprint density at radius 2 is 1.44 bits per heavy atom. The third-order valence-corrected chi connectivity index (χ3v) is 9.80. The topological polar surface area (TPSA) is 151 Å². The van der Waals surface area contributed by atoms with Gasteiger partial charge in [-0.15, -0.1) is 11.3 Å². The van der Waals surface area contributed by atoms with Crippen LogP contribution in [0.1, 0.15) is 66.4 Å². The van der Waals surface area contributed by atoms with Gasteiger partial charge in [-0.05, 0) is 52.3 Å². The molecule has 10 nitrogen and oxygen atoms in total. The van der Waals surface area contributed by atoms with Crippen LogP contribution in [0.3, 0.4) is 0 Å². The lowest BCUT2D eigenvalue weighted by Gasteiger charge is -2.24. The Morgan fingerprint density at radius 3 is 2.02 bits per heavy atom. The van der Waals surface area contributed by atoms with Crippen molar-refractivity contribution in [2.45, 2.75) is 64.6 Å². The molecule has 0 fully saturated rings. The smallest absolute Gasteiger partial charge is 0.329 e. The summed E-state index contributed by atoms with van der Waals surface area (Å²) in [5.74, 6) is -0.856. The van der Waals surface area contributed by atoms with Crippen molar-refractivity contribution in [1.82, 2.24) is 20.6 Å². The van der Waals surface area contributed by atoms with Crippen molar-refractivity contribution >= 4 is 29.1 Å². The molecule has 270 valence electrons. The van der Waals surface area contributed by atoms with Crippen LogP contribution in [0.5, 0.6) is 5.75 Å². The van der Waals surface area contributed by atoms with Crippen LogP contribution in [0, 0.1) is 5.92 Å². The van der Waals surface area contributed by atoms with E-state index in [-0.39, 0.29) is 11.8 Å². The maximum absolute atomic E-state index is 13.7. The fraction of sp³-hybridized carbons (Fsp3) is 0.293. The number of aromatic nitrogens is 2. The van der Waals surface area contributed by atoms with Gasteiger partial charge < -0.3 is 25.6 Å². The highest BCUT2D eigenvalue weighted by molar-refractivity contribution is 7.14. The van der Waals surface area contributed by atoms with Gasteiger partial charge in [-0.3, -0.25) is 9.59 Å². The number of nitrogens with zero attached hydrogens (tertiary/aromatic N) is 2. The molecule has 2 amide bonds. The summed E-state index contributed by atoms with van der Waals surface area (Å²) in [6, 6.07) is 24.1. The molecule has 3 atom stereocenters. The summed E-state index contributed by atoms with van der Waals surface area (Å²) in [6.07, 6.45) is 2.06. The molecule has 2 unspecified atom stereocenters. The summed E-state index contributed by atoms with van der Waals surface area (Å²) in [7, 11) is 0. The molecular weight excluding hydrogens is 677 g/mol. The first-order valence-electron chi connectivity index (χ1n) is 17.1. The van der Waals surface area contributed by atoms with E-state index in [0.29, 0.717) is 34.4 Å². The summed E-state index contributed by atoms with van der Waals surface area (Å²) in [5.41, 5.74) is 3.45. The van der Waals surface area contributed by atoms with Gasteiger partial charge in [0.15, 0.2) is 11.9 Å². The number of hydrogen-bond donors (Lipinski definition) is 4. The van der Waals surface area contributed by atoms with E-state index < -0.39 is 36.0 Å². The maximum Gasteiger partial charge on any atom is 0.329 e. The number of carbonyl (C=O) groups is 3. The van der Waals surface area contributed by atoms with Gasteiger partial charge in [-0.1, -0.05) is 101 Å². The van der Waals surface area contributed by atoms with Crippen molar-refractivity contribution in [2.75, 3.05) is 6.61 Å². The van der Waals surface area contributed by atoms with Gasteiger partial charge in [-0.2, -0.15) is 0 Å². The second-order valence-corrected chi connectivity index (χ2v) is 15.1. The summed E-state index contributed by atoms with van der Waals surface area (Å²) in [6.45, 7) is 11.0. The molecule has 0 aliphatic rings. The molecule has 11 heteroatoms. The van der Waals surface area contributed by atoms with E-state index in [1.54, 1.807) is 48.8 Å². The molecule has 52 heavy (non-hydrogen) atoms. The van der Waals surface area contributed by atoms with Gasteiger partial charge in [-0.25, -0.2) is 14.8 Å². The molecule has 0 bridgehead atoms. The molecule has 0 aliphatic carbocycles. The van der Waals surface area contributed by atoms with Gasteiger partial charge in [0.1, 0.15) is 17.9 Å². The average molecular weight is 721 g/mol. The maximum atomic E-state index is 13.7. The van der Waals surface area contributed by atoms with Crippen LogP contribution in [0.4, 0.5) is 0 Å². The number of rotatable bonds is 14. The molecular formula is C41H44N4O6S. The highest BCUT2D eigenvalue weighted by Crippen LogP contribution is 2.30.